The summed E-state index contributed by atoms with van der Waals surface area (Å²) < 4.78 is 23.5. The summed E-state index contributed by atoms with van der Waals surface area (Å²) in [5, 5.41) is 10.6. The highest BCUT2D eigenvalue weighted by Crippen LogP contribution is 2.42. The monoisotopic (exact) mass is 526 g/mol. The first kappa shape index (κ1) is 29.3. The number of aryl methyl sites for hydroxylation is 1. The van der Waals surface area contributed by atoms with Gasteiger partial charge in [-0.2, -0.15) is 0 Å². The number of ketones is 1. The smallest absolute Gasteiger partial charge is 0.305 e. The van der Waals surface area contributed by atoms with E-state index in [2.05, 4.69) is 19.9 Å². The first-order valence-electron chi connectivity index (χ1n) is 13.7. The molecule has 0 fully saturated rings. The normalized spacial score (nSPS) is 16.3. The largest absolute Gasteiger partial charge is 0.507 e. The maximum atomic E-state index is 11.8. The molecule has 1 N–H and O–H groups in total. The van der Waals surface area contributed by atoms with Gasteiger partial charge in [0, 0.05) is 24.0 Å². The van der Waals surface area contributed by atoms with E-state index in [9.17, 15) is 14.7 Å². The molecule has 0 saturated heterocycles. The molecule has 1 heterocycles. The summed E-state index contributed by atoms with van der Waals surface area (Å²) in [6, 6.07) is 7.49. The molecular formula is C31H42O7. The molecule has 1 atom stereocenters. The minimum absolute atomic E-state index is 0.0185. The van der Waals surface area contributed by atoms with Crippen LogP contribution in [0.2, 0.25) is 0 Å². The molecule has 208 valence electrons. The maximum absolute atomic E-state index is 11.8. The summed E-state index contributed by atoms with van der Waals surface area (Å²) in [6.07, 6.45) is 6.59. The molecule has 1 aliphatic heterocycles. The summed E-state index contributed by atoms with van der Waals surface area (Å²) in [5.41, 5.74) is 2.83. The summed E-state index contributed by atoms with van der Waals surface area (Å²) in [5.74, 6) is 1.95. The van der Waals surface area contributed by atoms with Crippen molar-refractivity contribution in [2.24, 2.45) is 0 Å². The Morgan fingerprint density at radius 1 is 1.00 bits per heavy atom. The fourth-order valence-electron chi connectivity index (χ4n) is 4.90. The molecule has 1 aliphatic rings. The molecule has 7 heteroatoms. The number of ether oxygens (including phenoxy) is 4. The van der Waals surface area contributed by atoms with E-state index in [1.165, 1.54) is 19.6 Å². The number of fused-ring (bicyclic) bond motifs is 1. The van der Waals surface area contributed by atoms with Crippen LogP contribution in [-0.4, -0.2) is 42.8 Å². The van der Waals surface area contributed by atoms with Gasteiger partial charge in [-0.1, -0.05) is 32.8 Å². The lowest BCUT2D eigenvalue weighted by molar-refractivity contribution is -0.141. The van der Waals surface area contributed by atoms with E-state index in [-0.39, 0.29) is 17.5 Å². The number of phenolic OH excluding ortho intramolecular Hbond substituents is 1. The number of benzene rings is 2. The lowest BCUT2D eigenvalue weighted by atomic mass is 9.87. The number of rotatable bonds is 14. The molecule has 0 radical (unpaired) electrons. The molecule has 3 rings (SSSR count). The Bertz CT molecular complexity index is 1120. The second kappa shape index (κ2) is 13.5. The number of esters is 1. The van der Waals surface area contributed by atoms with Crippen LogP contribution >= 0.6 is 0 Å². The zero-order valence-corrected chi connectivity index (χ0v) is 23.5. The van der Waals surface area contributed by atoms with Crippen molar-refractivity contribution in [1.82, 2.24) is 0 Å². The molecule has 2 aromatic carbocycles. The van der Waals surface area contributed by atoms with Crippen LogP contribution in [0.3, 0.4) is 0 Å². The summed E-state index contributed by atoms with van der Waals surface area (Å²) >= 11 is 0. The van der Waals surface area contributed by atoms with E-state index >= 15 is 0 Å². The predicted molar refractivity (Wildman–Crippen MR) is 147 cm³/mol. The zero-order valence-electron chi connectivity index (χ0n) is 23.5. The van der Waals surface area contributed by atoms with Crippen LogP contribution in [-0.2, 0) is 28.8 Å². The second-order valence-corrected chi connectivity index (χ2v) is 10.2. The Hall–Kier alpha value is -3.22. The first-order chi connectivity index (χ1) is 18.2. The van der Waals surface area contributed by atoms with E-state index < -0.39 is 5.60 Å². The molecule has 0 saturated carbocycles. The van der Waals surface area contributed by atoms with E-state index in [0.29, 0.717) is 55.8 Å². The topological polar surface area (TPSA) is 91.3 Å². The minimum Gasteiger partial charge on any atom is -0.507 e. The first-order valence-corrected chi connectivity index (χ1v) is 13.7. The van der Waals surface area contributed by atoms with Crippen LogP contribution in [0.4, 0.5) is 0 Å². The summed E-state index contributed by atoms with van der Waals surface area (Å²) in [4.78, 5) is 23.5. The number of carbonyl (C=O) groups is 2. The Morgan fingerprint density at radius 3 is 2.26 bits per heavy atom. The van der Waals surface area contributed by atoms with Gasteiger partial charge in [-0.3, -0.25) is 9.59 Å². The fraction of sp³-hybridized carbons (Fsp3) is 0.548. The van der Waals surface area contributed by atoms with Crippen molar-refractivity contribution in [1.29, 1.82) is 0 Å². The highest BCUT2D eigenvalue weighted by molar-refractivity contribution is 5.97. The molecule has 2 aromatic rings. The third kappa shape index (κ3) is 7.21. The van der Waals surface area contributed by atoms with Gasteiger partial charge < -0.3 is 24.1 Å². The van der Waals surface area contributed by atoms with Crippen LogP contribution in [0.15, 0.2) is 24.3 Å². The van der Waals surface area contributed by atoms with Crippen LogP contribution < -0.4 is 14.2 Å². The summed E-state index contributed by atoms with van der Waals surface area (Å²) in [7, 11) is 1.41. The van der Waals surface area contributed by atoms with Gasteiger partial charge in [-0.05, 0) is 69.7 Å². The van der Waals surface area contributed by atoms with Gasteiger partial charge in [0.25, 0.3) is 0 Å². The van der Waals surface area contributed by atoms with Crippen LogP contribution in [0.1, 0.15) is 93.3 Å². The highest BCUT2D eigenvalue weighted by atomic mass is 16.5. The Balaban J connectivity index is 1.64. The second-order valence-electron chi connectivity index (χ2n) is 10.2. The van der Waals surface area contributed by atoms with E-state index in [0.717, 1.165) is 49.2 Å². The van der Waals surface area contributed by atoms with Gasteiger partial charge in [0.2, 0.25) is 0 Å². The average molecular weight is 527 g/mol. The SMILES string of the molecule is CCCc1c(OCCCOc2ccc3c(c2CCC)OC(C)(CCC(=O)OC)CC3)ccc(C(C)=O)c1O. The lowest BCUT2D eigenvalue weighted by Crippen LogP contribution is -2.37. The number of hydrogen-bond donors (Lipinski definition) is 1. The van der Waals surface area contributed by atoms with Gasteiger partial charge in [0.05, 0.1) is 25.9 Å². The molecule has 0 spiro atoms. The van der Waals surface area contributed by atoms with E-state index in [1.807, 2.05) is 13.0 Å². The predicted octanol–water partition coefficient (Wildman–Crippen LogP) is 6.38. The molecule has 0 amide bonds. The minimum atomic E-state index is -0.421. The standard InChI is InChI=1S/C31H42O7/c1-6-9-24-26(14-12-23(21(3)32)29(24)34)36-19-8-20-37-27-13-11-22-15-17-31(4,18-16-28(33)35-5)38-30(22)25(27)10-7-2/h11-14,34H,6-10,15-20H2,1-5H3. The van der Waals surface area contributed by atoms with Crippen LogP contribution in [0.5, 0.6) is 23.0 Å². The highest BCUT2D eigenvalue weighted by Gasteiger charge is 2.34. The van der Waals surface area contributed by atoms with Crippen molar-refractivity contribution >= 4 is 11.8 Å². The third-order valence-electron chi connectivity index (χ3n) is 7.08. The van der Waals surface area contributed by atoms with Crippen molar-refractivity contribution in [2.45, 2.75) is 91.1 Å². The van der Waals surface area contributed by atoms with Crippen molar-refractivity contribution in [3.63, 3.8) is 0 Å². The third-order valence-corrected chi connectivity index (χ3v) is 7.08. The Kier molecular flexibility index (Phi) is 10.5. The van der Waals surface area contributed by atoms with Crippen LogP contribution in [0.25, 0.3) is 0 Å². The van der Waals surface area contributed by atoms with Gasteiger partial charge in [-0.15, -0.1) is 0 Å². The number of methoxy groups -OCH3 is 1. The van der Waals surface area contributed by atoms with Gasteiger partial charge in [-0.25, -0.2) is 0 Å². The lowest BCUT2D eigenvalue weighted by Gasteiger charge is -2.37. The van der Waals surface area contributed by atoms with Gasteiger partial charge in [0.15, 0.2) is 5.78 Å². The number of carbonyl (C=O) groups excluding carboxylic acids is 2. The van der Waals surface area contributed by atoms with Crippen molar-refractivity contribution < 1.29 is 33.6 Å². The average Bonchev–Trinajstić information content (AvgIpc) is 2.90. The van der Waals surface area contributed by atoms with Gasteiger partial charge >= 0.3 is 5.97 Å². The summed E-state index contributed by atoms with van der Waals surface area (Å²) in [6.45, 7) is 8.56. The Morgan fingerprint density at radius 2 is 1.63 bits per heavy atom. The van der Waals surface area contributed by atoms with Gasteiger partial charge in [0.1, 0.15) is 28.6 Å². The molecule has 7 nitrogen and oxygen atoms in total. The maximum Gasteiger partial charge on any atom is 0.305 e. The number of aromatic hydroxyl groups is 1. The van der Waals surface area contributed by atoms with Crippen molar-refractivity contribution in [2.75, 3.05) is 20.3 Å². The van der Waals surface area contributed by atoms with Crippen molar-refractivity contribution in [3.8, 4) is 23.0 Å². The molecule has 0 aliphatic carbocycles. The quantitative estimate of drug-likeness (QED) is 0.173. The Labute approximate surface area is 226 Å². The number of phenols is 1. The molecular weight excluding hydrogens is 484 g/mol. The molecule has 1 unspecified atom stereocenters. The molecule has 0 aromatic heterocycles. The van der Waals surface area contributed by atoms with Crippen molar-refractivity contribution in [3.05, 3.63) is 46.5 Å². The molecule has 0 bridgehead atoms. The molecule has 38 heavy (non-hydrogen) atoms. The number of hydrogen-bond acceptors (Lipinski definition) is 7. The zero-order chi connectivity index (χ0) is 27.7. The van der Waals surface area contributed by atoms with Crippen LogP contribution in [0, 0.1) is 0 Å². The fourth-order valence-corrected chi connectivity index (χ4v) is 4.90. The van der Waals surface area contributed by atoms with E-state index in [4.69, 9.17) is 18.9 Å². The number of Topliss-reactive ketones (excluding diaryl/α,β-unsaturated/α-hetero) is 1. The van der Waals surface area contributed by atoms with E-state index in [1.54, 1.807) is 12.1 Å².